The molecule has 1 aromatic rings. The topological polar surface area (TPSA) is 79.1 Å². The van der Waals surface area contributed by atoms with Gasteiger partial charge in [-0.25, -0.2) is 4.79 Å². The van der Waals surface area contributed by atoms with Crippen LogP contribution in [0.25, 0.3) is 0 Å². The molecule has 0 bridgehead atoms. The highest BCUT2D eigenvalue weighted by Gasteiger charge is 2.47. The molecule has 0 aliphatic carbocycles. The van der Waals surface area contributed by atoms with Gasteiger partial charge in [0.15, 0.2) is 0 Å². The average molecular weight is 364 g/mol. The second-order valence-electron chi connectivity index (χ2n) is 7.64. The van der Waals surface area contributed by atoms with Crippen LogP contribution in [0, 0.1) is 13.8 Å². The molecule has 144 valence electrons. The van der Waals surface area contributed by atoms with Gasteiger partial charge in [0, 0.05) is 44.6 Å². The van der Waals surface area contributed by atoms with Crippen LogP contribution in [0.15, 0.2) is 4.52 Å². The molecule has 26 heavy (non-hydrogen) atoms. The molecule has 2 aliphatic rings. The molecular formula is C18H28N4O4. The quantitative estimate of drug-likeness (QED) is 0.781. The zero-order valence-electron chi connectivity index (χ0n) is 16.1. The molecule has 2 fully saturated rings. The Morgan fingerprint density at radius 2 is 1.96 bits per heavy atom. The molecule has 3 heterocycles. The van der Waals surface area contributed by atoms with Crippen molar-refractivity contribution in [3.63, 3.8) is 0 Å². The summed E-state index contributed by atoms with van der Waals surface area (Å²) in [5.41, 5.74) is 1.20. The van der Waals surface area contributed by atoms with Crippen LogP contribution in [-0.4, -0.2) is 84.3 Å². The standard InChI is InChI=1S/C18H28N4O4/c1-13-15(14(2)26-19-13)11-16(23)21-7-5-18(6-8-21)12-22(17(24)25-18)10-9-20(3)4/h5-12H2,1-4H3. The molecule has 0 radical (unpaired) electrons. The first kappa shape index (κ1) is 18.7. The summed E-state index contributed by atoms with van der Waals surface area (Å²) >= 11 is 0. The van der Waals surface area contributed by atoms with Crippen molar-refractivity contribution in [2.24, 2.45) is 0 Å². The Morgan fingerprint density at radius 1 is 1.27 bits per heavy atom. The van der Waals surface area contributed by atoms with E-state index >= 15 is 0 Å². The Labute approximate surface area is 154 Å². The van der Waals surface area contributed by atoms with Crippen LogP contribution in [0.1, 0.15) is 29.9 Å². The van der Waals surface area contributed by atoms with Gasteiger partial charge in [0.05, 0.1) is 18.7 Å². The van der Waals surface area contributed by atoms with Crippen LogP contribution < -0.4 is 0 Å². The minimum absolute atomic E-state index is 0.0723. The number of piperidine rings is 1. The molecule has 0 unspecified atom stereocenters. The van der Waals surface area contributed by atoms with E-state index < -0.39 is 5.60 Å². The highest BCUT2D eigenvalue weighted by molar-refractivity contribution is 5.79. The van der Waals surface area contributed by atoms with Crippen molar-refractivity contribution in [3.05, 3.63) is 17.0 Å². The van der Waals surface area contributed by atoms with Crippen LogP contribution in [0.3, 0.4) is 0 Å². The summed E-state index contributed by atoms with van der Waals surface area (Å²) < 4.78 is 10.8. The second-order valence-corrected chi connectivity index (χ2v) is 7.64. The molecule has 1 spiro atoms. The predicted octanol–water partition coefficient (Wildman–Crippen LogP) is 1.21. The predicted molar refractivity (Wildman–Crippen MR) is 94.8 cm³/mol. The molecule has 0 aromatic carbocycles. The van der Waals surface area contributed by atoms with Gasteiger partial charge in [-0.3, -0.25) is 4.79 Å². The van der Waals surface area contributed by atoms with Crippen molar-refractivity contribution in [3.8, 4) is 0 Å². The van der Waals surface area contributed by atoms with Crippen LogP contribution in [0.2, 0.25) is 0 Å². The van der Waals surface area contributed by atoms with E-state index in [-0.39, 0.29) is 12.0 Å². The van der Waals surface area contributed by atoms with Gasteiger partial charge in [-0.05, 0) is 27.9 Å². The van der Waals surface area contributed by atoms with Crippen LogP contribution in [0.5, 0.6) is 0 Å². The smallest absolute Gasteiger partial charge is 0.410 e. The van der Waals surface area contributed by atoms with Crippen molar-refractivity contribution in [2.45, 2.75) is 38.7 Å². The summed E-state index contributed by atoms with van der Waals surface area (Å²) in [5, 5.41) is 3.91. The first-order valence-electron chi connectivity index (χ1n) is 9.12. The van der Waals surface area contributed by atoms with E-state index in [0.717, 1.165) is 17.8 Å². The summed E-state index contributed by atoms with van der Waals surface area (Å²) in [4.78, 5) is 30.4. The lowest BCUT2D eigenvalue weighted by Gasteiger charge is -2.37. The third kappa shape index (κ3) is 3.85. The number of ether oxygens (including phenoxy) is 1. The Morgan fingerprint density at radius 3 is 2.54 bits per heavy atom. The van der Waals surface area contributed by atoms with Crippen molar-refractivity contribution in [2.75, 3.05) is 46.8 Å². The zero-order valence-corrected chi connectivity index (χ0v) is 16.1. The maximum absolute atomic E-state index is 12.6. The van der Waals surface area contributed by atoms with Gasteiger partial charge in [0.1, 0.15) is 11.4 Å². The maximum Gasteiger partial charge on any atom is 0.410 e. The maximum atomic E-state index is 12.6. The zero-order chi connectivity index (χ0) is 18.9. The van der Waals surface area contributed by atoms with Crippen molar-refractivity contribution < 1.29 is 18.8 Å². The number of aryl methyl sites for hydroxylation is 2. The number of nitrogens with zero attached hydrogens (tertiary/aromatic N) is 4. The van der Waals surface area contributed by atoms with E-state index in [4.69, 9.17) is 9.26 Å². The van der Waals surface area contributed by atoms with Gasteiger partial charge in [-0.15, -0.1) is 0 Å². The molecule has 8 heteroatoms. The molecule has 2 saturated heterocycles. The van der Waals surface area contributed by atoms with E-state index in [9.17, 15) is 9.59 Å². The largest absolute Gasteiger partial charge is 0.441 e. The summed E-state index contributed by atoms with van der Waals surface area (Å²) in [7, 11) is 3.97. The van der Waals surface area contributed by atoms with Gasteiger partial charge in [-0.2, -0.15) is 0 Å². The normalized spacial score (nSPS) is 19.5. The first-order valence-corrected chi connectivity index (χ1v) is 9.12. The number of hydrogen-bond donors (Lipinski definition) is 0. The van der Waals surface area contributed by atoms with E-state index in [2.05, 4.69) is 5.16 Å². The molecule has 1 aromatic heterocycles. The minimum atomic E-state index is -0.441. The molecule has 2 aliphatic heterocycles. The Bertz CT molecular complexity index is 657. The summed E-state index contributed by atoms with van der Waals surface area (Å²) in [6.07, 6.45) is 1.44. The van der Waals surface area contributed by atoms with Crippen molar-refractivity contribution in [1.29, 1.82) is 0 Å². The highest BCUT2D eigenvalue weighted by Crippen LogP contribution is 2.33. The lowest BCUT2D eigenvalue weighted by Crippen LogP contribution is -2.49. The molecule has 0 atom stereocenters. The fourth-order valence-corrected chi connectivity index (χ4v) is 3.63. The molecule has 2 amide bonds. The number of carbonyl (C=O) groups excluding carboxylic acids is 2. The van der Waals surface area contributed by atoms with Crippen molar-refractivity contribution in [1.82, 2.24) is 19.9 Å². The van der Waals surface area contributed by atoms with E-state index in [1.807, 2.05) is 37.7 Å². The Hall–Kier alpha value is -2.09. The summed E-state index contributed by atoms with van der Waals surface area (Å²) in [6.45, 7) is 6.99. The molecule has 8 nitrogen and oxygen atoms in total. The van der Waals surface area contributed by atoms with E-state index in [1.54, 1.807) is 4.90 Å². The van der Waals surface area contributed by atoms with Crippen LogP contribution in [-0.2, 0) is 16.0 Å². The third-order valence-electron chi connectivity index (χ3n) is 5.39. The van der Waals surface area contributed by atoms with E-state index in [0.29, 0.717) is 51.2 Å². The summed E-state index contributed by atoms with van der Waals surface area (Å²) in [5.74, 6) is 0.772. The molecular weight excluding hydrogens is 336 g/mol. The van der Waals surface area contributed by atoms with E-state index in [1.165, 1.54) is 0 Å². The number of likely N-dealkylation sites (tertiary alicyclic amines) is 1. The molecule has 0 N–H and O–H groups in total. The number of aromatic nitrogens is 1. The van der Waals surface area contributed by atoms with Gasteiger partial charge < -0.3 is 24.0 Å². The lowest BCUT2D eigenvalue weighted by molar-refractivity contribution is -0.133. The number of amides is 2. The van der Waals surface area contributed by atoms with Gasteiger partial charge in [0.25, 0.3) is 0 Å². The average Bonchev–Trinajstić information content (AvgIpc) is 3.07. The summed E-state index contributed by atoms with van der Waals surface area (Å²) in [6, 6.07) is 0. The van der Waals surface area contributed by atoms with Gasteiger partial charge in [0.2, 0.25) is 5.91 Å². The van der Waals surface area contributed by atoms with Gasteiger partial charge in [-0.1, -0.05) is 5.16 Å². The van der Waals surface area contributed by atoms with Gasteiger partial charge >= 0.3 is 6.09 Å². The van der Waals surface area contributed by atoms with Crippen LogP contribution >= 0.6 is 0 Å². The number of likely N-dealkylation sites (N-methyl/N-ethyl adjacent to an activating group) is 1. The highest BCUT2D eigenvalue weighted by atomic mass is 16.6. The van der Waals surface area contributed by atoms with Crippen LogP contribution in [0.4, 0.5) is 4.79 Å². The SMILES string of the molecule is Cc1noc(C)c1CC(=O)N1CCC2(CC1)CN(CCN(C)C)C(=O)O2. The fraction of sp³-hybridized carbons (Fsp3) is 0.722. The monoisotopic (exact) mass is 364 g/mol. The lowest BCUT2D eigenvalue weighted by atomic mass is 9.91. The Balaban J connectivity index is 1.54. The second kappa shape index (κ2) is 7.26. The number of rotatable bonds is 5. The van der Waals surface area contributed by atoms with Crippen molar-refractivity contribution >= 4 is 12.0 Å². The molecule has 3 rings (SSSR count). The number of carbonyl (C=O) groups is 2. The fourth-order valence-electron chi connectivity index (χ4n) is 3.63. The third-order valence-corrected chi connectivity index (χ3v) is 5.39. The Kier molecular flexibility index (Phi) is 5.22. The number of hydrogen-bond acceptors (Lipinski definition) is 6. The molecule has 0 saturated carbocycles. The first-order chi connectivity index (χ1) is 12.3. The minimum Gasteiger partial charge on any atom is -0.441 e.